The second-order valence-electron chi connectivity index (χ2n) is 9.60. The standard InChI is InChI=1S/C22H41N5O/c1-18(20(28)26-11-7-8-12-26)25-13-15-27(16-14-25)21(23-4)24-17-22(2,3)19-9-5-6-10-19/h18-19H,5-17H2,1-4H3,(H,23,24). The summed E-state index contributed by atoms with van der Waals surface area (Å²) in [5.41, 5.74) is 0.310. The van der Waals surface area contributed by atoms with E-state index in [1.54, 1.807) is 0 Å². The van der Waals surface area contributed by atoms with Crippen LogP contribution >= 0.6 is 0 Å². The molecular formula is C22H41N5O. The quantitative estimate of drug-likeness (QED) is 0.578. The Morgan fingerprint density at radius 1 is 1.00 bits per heavy atom. The molecule has 3 aliphatic rings. The Balaban J connectivity index is 1.46. The van der Waals surface area contributed by atoms with E-state index < -0.39 is 0 Å². The van der Waals surface area contributed by atoms with Crippen molar-refractivity contribution in [2.75, 3.05) is 52.9 Å². The maximum atomic E-state index is 12.7. The Labute approximate surface area is 171 Å². The summed E-state index contributed by atoms with van der Waals surface area (Å²) in [5, 5.41) is 3.65. The number of nitrogens with one attached hydrogen (secondary N) is 1. The zero-order valence-corrected chi connectivity index (χ0v) is 18.5. The van der Waals surface area contributed by atoms with Gasteiger partial charge in [-0.2, -0.15) is 0 Å². The molecule has 2 saturated heterocycles. The van der Waals surface area contributed by atoms with Crippen LogP contribution in [0.5, 0.6) is 0 Å². The minimum Gasteiger partial charge on any atom is -0.356 e. The third-order valence-corrected chi connectivity index (χ3v) is 7.31. The Morgan fingerprint density at radius 3 is 2.18 bits per heavy atom. The van der Waals surface area contributed by atoms with Crippen LogP contribution in [-0.4, -0.2) is 85.5 Å². The van der Waals surface area contributed by atoms with Crippen molar-refractivity contribution in [2.45, 2.75) is 65.3 Å². The number of piperazine rings is 1. The van der Waals surface area contributed by atoms with Crippen LogP contribution in [-0.2, 0) is 4.79 Å². The van der Waals surface area contributed by atoms with Gasteiger partial charge in [0.25, 0.3) is 0 Å². The van der Waals surface area contributed by atoms with E-state index in [-0.39, 0.29) is 6.04 Å². The van der Waals surface area contributed by atoms with Crippen LogP contribution in [0.4, 0.5) is 0 Å². The highest BCUT2D eigenvalue weighted by atomic mass is 16.2. The van der Waals surface area contributed by atoms with Crippen molar-refractivity contribution in [1.29, 1.82) is 0 Å². The molecule has 2 heterocycles. The number of hydrogen-bond donors (Lipinski definition) is 1. The number of hydrogen-bond acceptors (Lipinski definition) is 3. The molecule has 0 radical (unpaired) electrons. The zero-order valence-electron chi connectivity index (χ0n) is 18.5. The lowest BCUT2D eigenvalue weighted by molar-refractivity contribution is -0.135. The highest BCUT2D eigenvalue weighted by Gasteiger charge is 2.33. The SMILES string of the molecule is CN=C(NCC(C)(C)C1CCCC1)N1CCN(C(C)C(=O)N2CCCC2)CC1. The monoisotopic (exact) mass is 391 g/mol. The van der Waals surface area contributed by atoms with E-state index in [0.717, 1.165) is 70.5 Å². The Bertz CT molecular complexity index is 541. The van der Waals surface area contributed by atoms with Crippen molar-refractivity contribution < 1.29 is 4.79 Å². The number of aliphatic imine (C=N–C) groups is 1. The fourth-order valence-electron chi connectivity index (χ4n) is 5.17. The molecule has 1 amide bonds. The summed E-state index contributed by atoms with van der Waals surface area (Å²) in [4.78, 5) is 24.0. The summed E-state index contributed by atoms with van der Waals surface area (Å²) in [6, 6.07) is -0.00322. The number of likely N-dealkylation sites (tertiary alicyclic amines) is 1. The first-order chi connectivity index (χ1) is 13.4. The average molecular weight is 392 g/mol. The van der Waals surface area contributed by atoms with E-state index in [1.165, 1.54) is 25.7 Å². The molecule has 0 aromatic heterocycles. The minimum atomic E-state index is -0.00322. The van der Waals surface area contributed by atoms with E-state index in [1.807, 2.05) is 11.9 Å². The molecule has 3 rings (SSSR count). The molecular weight excluding hydrogens is 350 g/mol. The molecule has 0 aromatic carbocycles. The fraction of sp³-hybridized carbons (Fsp3) is 0.909. The second-order valence-corrected chi connectivity index (χ2v) is 9.60. The molecule has 1 unspecified atom stereocenters. The van der Waals surface area contributed by atoms with E-state index in [0.29, 0.717) is 11.3 Å². The maximum absolute atomic E-state index is 12.7. The van der Waals surface area contributed by atoms with Crippen LogP contribution in [0.25, 0.3) is 0 Å². The number of carbonyl (C=O) groups excluding carboxylic acids is 1. The Hall–Kier alpha value is -1.30. The highest BCUT2D eigenvalue weighted by Crippen LogP contribution is 2.39. The first kappa shape index (κ1) is 21.4. The first-order valence-electron chi connectivity index (χ1n) is 11.4. The third-order valence-electron chi connectivity index (χ3n) is 7.31. The zero-order chi connectivity index (χ0) is 20.1. The summed E-state index contributed by atoms with van der Waals surface area (Å²) in [7, 11) is 1.89. The van der Waals surface area contributed by atoms with Gasteiger partial charge in [0.15, 0.2) is 5.96 Å². The minimum absolute atomic E-state index is 0.00322. The number of rotatable bonds is 5. The first-order valence-corrected chi connectivity index (χ1v) is 11.4. The molecule has 28 heavy (non-hydrogen) atoms. The summed E-state index contributed by atoms with van der Waals surface area (Å²) in [5.74, 6) is 2.16. The number of carbonyl (C=O) groups is 1. The van der Waals surface area contributed by atoms with Gasteiger partial charge in [0.2, 0.25) is 5.91 Å². The Morgan fingerprint density at radius 2 is 1.61 bits per heavy atom. The maximum Gasteiger partial charge on any atom is 0.239 e. The van der Waals surface area contributed by atoms with E-state index in [9.17, 15) is 4.79 Å². The van der Waals surface area contributed by atoms with Gasteiger partial charge in [-0.3, -0.25) is 14.7 Å². The number of guanidine groups is 1. The molecule has 1 saturated carbocycles. The molecule has 1 atom stereocenters. The van der Waals surface area contributed by atoms with Crippen molar-refractivity contribution in [3.63, 3.8) is 0 Å². The lowest BCUT2D eigenvalue weighted by atomic mass is 9.78. The lowest BCUT2D eigenvalue weighted by Gasteiger charge is -2.40. The van der Waals surface area contributed by atoms with Crippen LogP contribution in [0.3, 0.4) is 0 Å². The smallest absolute Gasteiger partial charge is 0.239 e. The third kappa shape index (κ3) is 5.00. The predicted molar refractivity (Wildman–Crippen MR) is 116 cm³/mol. The van der Waals surface area contributed by atoms with Crippen LogP contribution in [0.15, 0.2) is 4.99 Å². The number of nitrogens with zero attached hydrogens (tertiary/aromatic N) is 4. The summed E-state index contributed by atoms with van der Waals surface area (Å²) >= 11 is 0. The van der Waals surface area contributed by atoms with Gasteiger partial charge in [0, 0.05) is 52.9 Å². The van der Waals surface area contributed by atoms with Gasteiger partial charge in [-0.25, -0.2) is 0 Å². The lowest BCUT2D eigenvalue weighted by Crippen LogP contribution is -2.57. The molecule has 0 bridgehead atoms. The van der Waals surface area contributed by atoms with Gasteiger partial charge >= 0.3 is 0 Å². The molecule has 1 N–H and O–H groups in total. The second kappa shape index (κ2) is 9.47. The summed E-state index contributed by atoms with van der Waals surface area (Å²) < 4.78 is 0. The van der Waals surface area contributed by atoms with Gasteiger partial charge in [-0.1, -0.05) is 26.7 Å². The van der Waals surface area contributed by atoms with Crippen molar-refractivity contribution in [3.05, 3.63) is 0 Å². The Kier molecular flexibility index (Phi) is 7.24. The van der Waals surface area contributed by atoms with Crippen molar-refractivity contribution in [3.8, 4) is 0 Å². The number of amides is 1. The van der Waals surface area contributed by atoms with Crippen molar-refractivity contribution in [2.24, 2.45) is 16.3 Å². The molecule has 6 heteroatoms. The largest absolute Gasteiger partial charge is 0.356 e. The van der Waals surface area contributed by atoms with Gasteiger partial charge in [-0.15, -0.1) is 0 Å². The highest BCUT2D eigenvalue weighted by molar-refractivity contribution is 5.82. The van der Waals surface area contributed by atoms with Crippen molar-refractivity contribution in [1.82, 2.24) is 20.0 Å². The van der Waals surface area contributed by atoms with Crippen LogP contribution in [0.2, 0.25) is 0 Å². The van der Waals surface area contributed by atoms with Crippen LogP contribution < -0.4 is 5.32 Å². The average Bonchev–Trinajstić information content (AvgIpc) is 3.42. The molecule has 160 valence electrons. The summed E-state index contributed by atoms with van der Waals surface area (Å²) in [6.07, 6.45) is 7.83. The molecule has 2 aliphatic heterocycles. The van der Waals surface area contributed by atoms with Gasteiger partial charge in [0.1, 0.15) is 0 Å². The fourth-order valence-corrected chi connectivity index (χ4v) is 5.17. The van der Waals surface area contributed by atoms with Crippen molar-refractivity contribution >= 4 is 11.9 Å². The molecule has 0 aromatic rings. The van der Waals surface area contributed by atoms with E-state index in [4.69, 9.17) is 0 Å². The topological polar surface area (TPSA) is 51.2 Å². The normalized spacial score (nSPS) is 24.1. The summed E-state index contributed by atoms with van der Waals surface area (Å²) in [6.45, 7) is 13.4. The molecule has 6 nitrogen and oxygen atoms in total. The molecule has 1 aliphatic carbocycles. The van der Waals surface area contributed by atoms with Crippen LogP contribution in [0.1, 0.15) is 59.3 Å². The van der Waals surface area contributed by atoms with Gasteiger partial charge < -0.3 is 15.1 Å². The molecule has 0 spiro atoms. The van der Waals surface area contributed by atoms with Gasteiger partial charge in [0.05, 0.1) is 6.04 Å². The van der Waals surface area contributed by atoms with E-state index >= 15 is 0 Å². The molecule has 3 fully saturated rings. The van der Waals surface area contributed by atoms with E-state index in [2.05, 4.69) is 40.9 Å². The van der Waals surface area contributed by atoms with Gasteiger partial charge in [-0.05, 0) is 43.9 Å². The van der Waals surface area contributed by atoms with Crippen LogP contribution in [0, 0.1) is 11.3 Å². The predicted octanol–water partition coefficient (Wildman–Crippen LogP) is 2.41.